The van der Waals surface area contributed by atoms with Crippen molar-refractivity contribution >= 4 is 5.69 Å². The van der Waals surface area contributed by atoms with Crippen molar-refractivity contribution in [1.82, 2.24) is 9.78 Å². The summed E-state index contributed by atoms with van der Waals surface area (Å²) >= 11 is 0. The second kappa shape index (κ2) is 6.80. The molecule has 110 valence electrons. The van der Waals surface area contributed by atoms with E-state index in [1.54, 1.807) is 0 Å². The zero-order chi connectivity index (χ0) is 15.2. The Morgan fingerprint density at radius 1 is 1.29 bits per heavy atom. The lowest BCUT2D eigenvalue weighted by molar-refractivity contribution is 0.368. The van der Waals surface area contributed by atoms with Gasteiger partial charge in [0.1, 0.15) is 11.8 Å². The van der Waals surface area contributed by atoms with E-state index in [2.05, 4.69) is 31.2 Å². The minimum Gasteiger partial charge on any atom is -0.479 e. The molecule has 0 spiro atoms. The van der Waals surface area contributed by atoms with Crippen LogP contribution in [-0.2, 0) is 0 Å². The molecule has 0 aliphatic heterocycles. The zero-order valence-corrected chi connectivity index (χ0v) is 12.6. The first-order valence-electron chi connectivity index (χ1n) is 7.00. The first-order chi connectivity index (χ1) is 10.1. The fourth-order valence-corrected chi connectivity index (χ4v) is 2.00. The van der Waals surface area contributed by atoms with Crippen molar-refractivity contribution in [3.63, 3.8) is 0 Å². The first kappa shape index (κ1) is 14.9. The smallest absolute Gasteiger partial charge is 0.174 e. The molecule has 0 aliphatic rings. The van der Waals surface area contributed by atoms with Gasteiger partial charge >= 0.3 is 0 Å². The average Bonchev–Trinajstić information content (AvgIpc) is 2.94. The Morgan fingerprint density at radius 2 is 2.00 bits per heavy atom. The summed E-state index contributed by atoms with van der Waals surface area (Å²) in [6.45, 7) is 6.36. The van der Waals surface area contributed by atoms with E-state index >= 15 is 0 Å². The Morgan fingerprint density at radius 3 is 2.57 bits per heavy atom. The molecule has 0 bridgehead atoms. The predicted octanol–water partition coefficient (Wildman–Crippen LogP) is 3.54. The number of nitrogens with zero attached hydrogens (tertiary/aromatic N) is 3. The zero-order valence-electron chi connectivity index (χ0n) is 12.6. The Bertz CT molecular complexity index is 610. The molecular weight excluding hydrogens is 264 g/mol. The maximum Gasteiger partial charge on any atom is 0.174 e. The molecule has 1 heterocycles. The summed E-state index contributed by atoms with van der Waals surface area (Å²) < 4.78 is 7.17. The molecule has 1 unspecified atom stereocenters. The van der Waals surface area contributed by atoms with Gasteiger partial charge < -0.3 is 10.1 Å². The number of ether oxygens (including phenoxy) is 1. The fraction of sp³-hybridized carbons (Fsp3) is 0.375. The lowest BCUT2D eigenvalue weighted by Crippen LogP contribution is -2.06. The number of nitriles is 1. The van der Waals surface area contributed by atoms with Gasteiger partial charge in [-0.2, -0.15) is 10.4 Å². The van der Waals surface area contributed by atoms with Crippen molar-refractivity contribution in [2.24, 2.45) is 0 Å². The fourth-order valence-electron chi connectivity index (χ4n) is 2.00. The van der Waals surface area contributed by atoms with E-state index in [9.17, 15) is 0 Å². The topological polar surface area (TPSA) is 62.9 Å². The number of nitrogens with one attached hydrogen (secondary N) is 1. The largest absolute Gasteiger partial charge is 0.479 e. The number of benzene rings is 1. The van der Waals surface area contributed by atoms with Gasteiger partial charge in [-0.15, -0.1) is 0 Å². The van der Waals surface area contributed by atoms with Crippen LogP contribution in [0.2, 0.25) is 0 Å². The van der Waals surface area contributed by atoms with Crippen LogP contribution in [0.3, 0.4) is 0 Å². The summed E-state index contributed by atoms with van der Waals surface area (Å²) in [6, 6.07) is 10.2. The number of aromatic nitrogens is 2. The molecule has 0 aliphatic carbocycles. The molecule has 5 nitrogen and oxygen atoms in total. The first-order valence-corrected chi connectivity index (χ1v) is 7.00. The highest BCUT2D eigenvalue weighted by molar-refractivity contribution is 5.42. The van der Waals surface area contributed by atoms with Crippen LogP contribution in [0.5, 0.6) is 5.75 Å². The Hall–Kier alpha value is -2.48. The quantitative estimate of drug-likeness (QED) is 0.881. The molecule has 2 aromatic rings. The van der Waals surface area contributed by atoms with Crippen molar-refractivity contribution in [2.75, 3.05) is 11.9 Å². The average molecular weight is 284 g/mol. The summed E-state index contributed by atoms with van der Waals surface area (Å²) in [7, 11) is 0. The molecule has 2 rings (SSSR count). The van der Waals surface area contributed by atoms with E-state index in [1.807, 2.05) is 47.4 Å². The van der Waals surface area contributed by atoms with Crippen molar-refractivity contribution in [2.45, 2.75) is 32.9 Å². The highest BCUT2D eigenvalue weighted by atomic mass is 16.5. The molecule has 0 saturated carbocycles. The van der Waals surface area contributed by atoms with Gasteiger partial charge in [0.15, 0.2) is 6.61 Å². The molecule has 0 amide bonds. The molecule has 1 aromatic heterocycles. The molecule has 0 fully saturated rings. The van der Waals surface area contributed by atoms with E-state index in [0.29, 0.717) is 11.8 Å². The van der Waals surface area contributed by atoms with Crippen molar-refractivity contribution in [1.29, 1.82) is 5.26 Å². The Labute approximate surface area is 125 Å². The van der Waals surface area contributed by atoms with E-state index in [-0.39, 0.29) is 12.6 Å². The molecule has 0 saturated heterocycles. The van der Waals surface area contributed by atoms with Crippen LogP contribution in [0.15, 0.2) is 36.7 Å². The number of hydrogen-bond donors (Lipinski definition) is 1. The normalized spacial score (nSPS) is 12.0. The second-order valence-corrected chi connectivity index (χ2v) is 5.18. The van der Waals surface area contributed by atoms with Crippen LogP contribution in [0.1, 0.15) is 38.4 Å². The standard InChI is InChI=1S/C16H20N4O/c1-12(2)20-11-15(10-18-20)19-13(3)14-4-6-16(7-5-14)21-9-8-17/h4-7,10-13,19H,9H2,1-3H3. The molecular formula is C16H20N4O. The van der Waals surface area contributed by atoms with Crippen LogP contribution in [0.25, 0.3) is 0 Å². The summed E-state index contributed by atoms with van der Waals surface area (Å²) in [5.74, 6) is 0.708. The van der Waals surface area contributed by atoms with Crippen LogP contribution >= 0.6 is 0 Å². The van der Waals surface area contributed by atoms with E-state index in [1.165, 1.54) is 0 Å². The van der Waals surface area contributed by atoms with E-state index < -0.39 is 0 Å². The minimum atomic E-state index is 0.0710. The van der Waals surface area contributed by atoms with Crippen molar-refractivity contribution < 1.29 is 4.74 Å². The Kier molecular flexibility index (Phi) is 4.83. The molecule has 1 aromatic carbocycles. The number of rotatable bonds is 6. The van der Waals surface area contributed by atoms with Gasteiger partial charge in [-0.1, -0.05) is 12.1 Å². The lowest BCUT2D eigenvalue weighted by Gasteiger charge is -2.14. The number of anilines is 1. The van der Waals surface area contributed by atoms with Crippen molar-refractivity contribution in [3.05, 3.63) is 42.2 Å². The highest BCUT2D eigenvalue weighted by Gasteiger charge is 2.08. The van der Waals surface area contributed by atoms with Gasteiger partial charge in [0.2, 0.25) is 0 Å². The summed E-state index contributed by atoms with van der Waals surface area (Å²) in [4.78, 5) is 0. The van der Waals surface area contributed by atoms with Gasteiger partial charge in [-0.05, 0) is 38.5 Å². The van der Waals surface area contributed by atoms with Crippen LogP contribution in [0, 0.1) is 11.3 Å². The summed E-state index contributed by atoms with van der Waals surface area (Å²) in [5, 5.41) is 16.2. The van der Waals surface area contributed by atoms with Crippen LogP contribution in [-0.4, -0.2) is 16.4 Å². The number of hydrogen-bond acceptors (Lipinski definition) is 4. The van der Waals surface area contributed by atoms with E-state index in [0.717, 1.165) is 11.3 Å². The van der Waals surface area contributed by atoms with E-state index in [4.69, 9.17) is 10.00 Å². The molecule has 1 N–H and O–H groups in total. The van der Waals surface area contributed by atoms with Gasteiger partial charge in [0.05, 0.1) is 11.9 Å². The third-order valence-electron chi connectivity index (χ3n) is 3.20. The minimum absolute atomic E-state index is 0.0710. The summed E-state index contributed by atoms with van der Waals surface area (Å²) in [5.41, 5.74) is 2.15. The Balaban J connectivity index is 1.99. The monoisotopic (exact) mass is 284 g/mol. The van der Waals surface area contributed by atoms with Gasteiger partial charge in [0.25, 0.3) is 0 Å². The predicted molar refractivity (Wildman–Crippen MR) is 82.2 cm³/mol. The molecule has 21 heavy (non-hydrogen) atoms. The maximum atomic E-state index is 8.48. The third kappa shape index (κ3) is 3.99. The third-order valence-corrected chi connectivity index (χ3v) is 3.20. The van der Waals surface area contributed by atoms with Gasteiger partial charge in [-0.25, -0.2) is 0 Å². The van der Waals surface area contributed by atoms with Gasteiger partial charge in [0, 0.05) is 18.3 Å². The second-order valence-electron chi connectivity index (χ2n) is 5.18. The maximum absolute atomic E-state index is 8.48. The van der Waals surface area contributed by atoms with Crippen LogP contribution in [0.4, 0.5) is 5.69 Å². The lowest BCUT2D eigenvalue weighted by atomic mass is 10.1. The molecule has 5 heteroatoms. The van der Waals surface area contributed by atoms with Gasteiger partial charge in [-0.3, -0.25) is 4.68 Å². The SMILES string of the molecule is CC(Nc1cnn(C(C)C)c1)c1ccc(OCC#N)cc1. The van der Waals surface area contributed by atoms with Crippen molar-refractivity contribution in [3.8, 4) is 11.8 Å². The van der Waals surface area contributed by atoms with Crippen LogP contribution < -0.4 is 10.1 Å². The molecule has 1 atom stereocenters. The highest BCUT2D eigenvalue weighted by Crippen LogP contribution is 2.22. The molecule has 0 radical (unpaired) electrons. The summed E-state index contributed by atoms with van der Waals surface area (Å²) in [6.07, 6.45) is 3.84.